The summed E-state index contributed by atoms with van der Waals surface area (Å²) in [6, 6.07) is 5.92. The SMILES string of the molecule is Cc1cccc(NC(=O)CN2CCN(c3nc4c(cnn4C(C)(C)C)c(=O)[nH]3)CC2)c1C. The van der Waals surface area contributed by atoms with Crippen LogP contribution in [0.1, 0.15) is 31.9 Å². The van der Waals surface area contributed by atoms with E-state index < -0.39 is 0 Å². The lowest BCUT2D eigenvalue weighted by Gasteiger charge is -2.34. The fourth-order valence-corrected chi connectivity index (χ4v) is 3.94. The first-order valence-corrected chi connectivity index (χ1v) is 11.0. The van der Waals surface area contributed by atoms with Crippen molar-refractivity contribution in [1.29, 1.82) is 0 Å². The predicted octanol–water partition coefficient (Wildman–Crippen LogP) is 2.25. The number of piperazine rings is 1. The predicted molar refractivity (Wildman–Crippen MR) is 126 cm³/mol. The number of anilines is 2. The van der Waals surface area contributed by atoms with E-state index >= 15 is 0 Å². The molecule has 4 rings (SSSR count). The van der Waals surface area contributed by atoms with Gasteiger partial charge in [-0.3, -0.25) is 19.5 Å². The molecular weight excluding hydrogens is 406 g/mol. The van der Waals surface area contributed by atoms with E-state index in [4.69, 9.17) is 4.98 Å². The highest BCUT2D eigenvalue weighted by Gasteiger charge is 2.24. The largest absolute Gasteiger partial charge is 0.340 e. The van der Waals surface area contributed by atoms with Gasteiger partial charge in [0.05, 0.1) is 18.3 Å². The normalized spacial score (nSPS) is 15.3. The lowest BCUT2D eigenvalue weighted by atomic mass is 10.1. The van der Waals surface area contributed by atoms with Crippen molar-refractivity contribution in [3.8, 4) is 0 Å². The van der Waals surface area contributed by atoms with Gasteiger partial charge in [-0.05, 0) is 51.8 Å². The average Bonchev–Trinajstić information content (AvgIpc) is 3.17. The van der Waals surface area contributed by atoms with Gasteiger partial charge in [-0.15, -0.1) is 0 Å². The first-order chi connectivity index (χ1) is 15.1. The van der Waals surface area contributed by atoms with Crippen molar-refractivity contribution < 1.29 is 4.79 Å². The van der Waals surface area contributed by atoms with Crippen LogP contribution in [0.2, 0.25) is 0 Å². The second-order valence-corrected chi connectivity index (χ2v) is 9.41. The lowest BCUT2D eigenvalue weighted by Crippen LogP contribution is -2.49. The molecule has 1 aliphatic rings. The van der Waals surface area contributed by atoms with Gasteiger partial charge in [0.25, 0.3) is 5.56 Å². The quantitative estimate of drug-likeness (QED) is 0.650. The lowest BCUT2D eigenvalue weighted by molar-refractivity contribution is -0.117. The van der Waals surface area contributed by atoms with Gasteiger partial charge in [0, 0.05) is 31.9 Å². The highest BCUT2D eigenvalue weighted by atomic mass is 16.2. The second-order valence-electron chi connectivity index (χ2n) is 9.41. The summed E-state index contributed by atoms with van der Waals surface area (Å²) in [5.41, 5.74) is 3.23. The molecule has 0 atom stereocenters. The molecule has 1 saturated heterocycles. The zero-order valence-corrected chi connectivity index (χ0v) is 19.4. The van der Waals surface area contributed by atoms with Crippen molar-refractivity contribution in [2.24, 2.45) is 0 Å². The molecule has 9 heteroatoms. The molecule has 3 heterocycles. The van der Waals surface area contributed by atoms with E-state index in [1.807, 2.05) is 52.8 Å². The van der Waals surface area contributed by atoms with Gasteiger partial charge in [-0.1, -0.05) is 12.1 Å². The van der Waals surface area contributed by atoms with Crippen LogP contribution in [-0.2, 0) is 10.3 Å². The molecule has 0 radical (unpaired) electrons. The van der Waals surface area contributed by atoms with E-state index in [0.717, 1.165) is 16.8 Å². The molecule has 0 unspecified atom stereocenters. The molecule has 0 bridgehead atoms. The Morgan fingerprint density at radius 3 is 2.56 bits per heavy atom. The van der Waals surface area contributed by atoms with Crippen LogP contribution in [0, 0.1) is 13.8 Å². The number of aryl methyl sites for hydroxylation is 1. The second kappa shape index (κ2) is 8.38. The van der Waals surface area contributed by atoms with Crippen LogP contribution in [0.5, 0.6) is 0 Å². The van der Waals surface area contributed by atoms with Gasteiger partial charge in [-0.25, -0.2) is 4.68 Å². The van der Waals surface area contributed by atoms with Gasteiger partial charge in [0.15, 0.2) is 5.65 Å². The van der Waals surface area contributed by atoms with Crippen LogP contribution in [-0.4, -0.2) is 63.3 Å². The van der Waals surface area contributed by atoms with Crippen LogP contribution in [0.25, 0.3) is 11.0 Å². The van der Waals surface area contributed by atoms with Gasteiger partial charge < -0.3 is 10.2 Å². The van der Waals surface area contributed by atoms with Crippen molar-refractivity contribution in [2.45, 2.75) is 40.2 Å². The molecule has 2 N–H and O–H groups in total. The Labute approximate surface area is 187 Å². The van der Waals surface area contributed by atoms with Crippen LogP contribution >= 0.6 is 0 Å². The highest BCUT2D eigenvalue weighted by Crippen LogP contribution is 2.21. The number of hydrogen-bond acceptors (Lipinski definition) is 6. The molecular formula is C23H31N7O2. The van der Waals surface area contributed by atoms with Crippen LogP contribution < -0.4 is 15.8 Å². The third-order valence-electron chi connectivity index (χ3n) is 5.98. The molecule has 0 saturated carbocycles. The number of aromatic nitrogens is 4. The number of rotatable bonds is 4. The van der Waals surface area contributed by atoms with Crippen molar-refractivity contribution in [3.63, 3.8) is 0 Å². The minimum atomic E-state index is -0.276. The molecule has 2 aromatic heterocycles. The summed E-state index contributed by atoms with van der Waals surface area (Å²) in [6.45, 7) is 13.2. The number of amides is 1. The van der Waals surface area contributed by atoms with Gasteiger partial charge >= 0.3 is 0 Å². The van der Waals surface area contributed by atoms with Crippen molar-refractivity contribution in [2.75, 3.05) is 42.9 Å². The maximum absolute atomic E-state index is 12.6. The van der Waals surface area contributed by atoms with Crippen LogP contribution in [0.15, 0.2) is 29.2 Å². The fourth-order valence-electron chi connectivity index (χ4n) is 3.94. The molecule has 170 valence electrons. The Hall–Kier alpha value is -3.20. The number of aromatic amines is 1. The number of fused-ring (bicyclic) bond motifs is 1. The zero-order valence-electron chi connectivity index (χ0n) is 19.4. The molecule has 3 aromatic rings. The average molecular weight is 438 g/mol. The summed E-state index contributed by atoms with van der Waals surface area (Å²) in [6.07, 6.45) is 1.57. The van der Waals surface area contributed by atoms with E-state index in [1.54, 1.807) is 10.9 Å². The van der Waals surface area contributed by atoms with E-state index in [-0.39, 0.29) is 17.0 Å². The monoisotopic (exact) mass is 437 g/mol. The molecule has 32 heavy (non-hydrogen) atoms. The number of carbonyl (C=O) groups is 1. The summed E-state index contributed by atoms with van der Waals surface area (Å²) in [5, 5.41) is 7.88. The summed E-state index contributed by atoms with van der Waals surface area (Å²) in [4.78, 5) is 36.9. The molecule has 1 aliphatic heterocycles. The number of carbonyl (C=O) groups excluding carboxylic acids is 1. The highest BCUT2D eigenvalue weighted by molar-refractivity contribution is 5.93. The Balaban J connectivity index is 1.41. The zero-order chi connectivity index (χ0) is 23.0. The number of hydrogen-bond donors (Lipinski definition) is 2. The summed E-state index contributed by atoms with van der Waals surface area (Å²) >= 11 is 0. The molecule has 0 spiro atoms. The van der Waals surface area contributed by atoms with Gasteiger partial charge in [0.1, 0.15) is 5.39 Å². The smallest absolute Gasteiger partial charge is 0.263 e. The van der Waals surface area contributed by atoms with Gasteiger partial charge in [0.2, 0.25) is 11.9 Å². The Kier molecular flexibility index (Phi) is 5.77. The molecule has 1 amide bonds. The summed E-state index contributed by atoms with van der Waals surface area (Å²) < 4.78 is 1.79. The van der Waals surface area contributed by atoms with Crippen molar-refractivity contribution in [1.82, 2.24) is 24.6 Å². The first kappa shape index (κ1) is 22.0. The first-order valence-electron chi connectivity index (χ1n) is 11.0. The van der Waals surface area contributed by atoms with E-state index in [2.05, 4.69) is 25.2 Å². The minimum Gasteiger partial charge on any atom is -0.340 e. The van der Waals surface area contributed by atoms with Crippen LogP contribution in [0.4, 0.5) is 11.6 Å². The maximum atomic E-state index is 12.6. The Morgan fingerprint density at radius 2 is 1.88 bits per heavy atom. The molecule has 0 aliphatic carbocycles. The van der Waals surface area contributed by atoms with Gasteiger partial charge in [-0.2, -0.15) is 10.1 Å². The van der Waals surface area contributed by atoms with Crippen molar-refractivity contribution >= 4 is 28.6 Å². The summed E-state index contributed by atoms with van der Waals surface area (Å²) in [7, 11) is 0. The fraction of sp³-hybridized carbons (Fsp3) is 0.478. The Bertz CT molecular complexity index is 1200. The van der Waals surface area contributed by atoms with E-state index in [1.165, 1.54) is 0 Å². The minimum absolute atomic E-state index is 0.0193. The standard InChI is InChI=1S/C23H31N7O2/c1-15-7-6-8-18(16(15)2)25-19(31)14-28-9-11-29(12-10-28)22-26-20-17(21(32)27-22)13-24-30(20)23(3,4)5/h6-8,13H,9-12,14H2,1-5H3,(H,25,31)(H,26,27,32). The number of nitrogens with one attached hydrogen (secondary N) is 2. The molecule has 1 fully saturated rings. The topological polar surface area (TPSA) is 99.2 Å². The molecule has 9 nitrogen and oxygen atoms in total. The maximum Gasteiger partial charge on any atom is 0.263 e. The number of H-pyrrole nitrogens is 1. The van der Waals surface area contributed by atoms with Crippen LogP contribution in [0.3, 0.4) is 0 Å². The Morgan fingerprint density at radius 1 is 1.16 bits per heavy atom. The third-order valence-corrected chi connectivity index (χ3v) is 5.98. The van der Waals surface area contributed by atoms with Crippen molar-refractivity contribution in [3.05, 3.63) is 45.9 Å². The van der Waals surface area contributed by atoms with E-state index in [0.29, 0.717) is 49.7 Å². The number of nitrogens with zero attached hydrogens (tertiary/aromatic N) is 5. The molecule has 1 aromatic carbocycles. The van der Waals surface area contributed by atoms with E-state index in [9.17, 15) is 9.59 Å². The number of benzene rings is 1. The third kappa shape index (κ3) is 4.38. The summed E-state index contributed by atoms with van der Waals surface area (Å²) in [5.74, 6) is 0.530.